The molecule has 0 aliphatic carbocycles. The molecule has 0 saturated heterocycles. The van der Waals surface area contributed by atoms with Crippen LogP contribution in [0.2, 0.25) is 0 Å². The van der Waals surface area contributed by atoms with Crippen LogP contribution in [0.5, 0.6) is 11.5 Å². The first-order chi connectivity index (χ1) is 13.9. The lowest BCUT2D eigenvalue weighted by atomic mass is 10.2. The highest BCUT2D eigenvalue weighted by atomic mass is 19.4. The number of unbranched alkanes of at least 4 members (excludes halogenated alkanes) is 1. The highest BCUT2D eigenvalue weighted by Gasteiger charge is 2.30. The first-order valence-electron chi connectivity index (χ1n) is 9.48. The average molecular weight is 408 g/mol. The lowest BCUT2D eigenvalue weighted by molar-refractivity contribution is -0.137. The molecule has 8 heteroatoms. The lowest BCUT2D eigenvalue weighted by Gasteiger charge is -2.26. The molecule has 29 heavy (non-hydrogen) atoms. The molecule has 2 N–H and O–H groups in total. The zero-order valence-electron chi connectivity index (χ0n) is 15.8. The van der Waals surface area contributed by atoms with Crippen LogP contribution in [0.25, 0.3) is 0 Å². The quantitative estimate of drug-likeness (QED) is 0.642. The fourth-order valence-electron chi connectivity index (χ4n) is 2.93. The van der Waals surface area contributed by atoms with E-state index in [-0.39, 0.29) is 12.0 Å². The number of carbonyl (C=O) groups excluding carboxylic acids is 1. The van der Waals surface area contributed by atoms with Gasteiger partial charge in [-0.05, 0) is 55.8 Å². The molecule has 0 unspecified atom stereocenters. The summed E-state index contributed by atoms with van der Waals surface area (Å²) in [6, 6.07) is 12.0. The third-order valence-corrected chi connectivity index (χ3v) is 4.44. The molecule has 0 fully saturated rings. The van der Waals surface area contributed by atoms with Crippen molar-refractivity contribution < 1.29 is 27.4 Å². The van der Waals surface area contributed by atoms with Crippen LogP contribution in [0.4, 0.5) is 18.9 Å². The van der Waals surface area contributed by atoms with Gasteiger partial charge in [-0.25, -0.2) is 0 Å². The third-order valence-electron chi connectivity index (χ3n) is 4.44. The van der Waals surface area contributed by atoms with Crippen molar-refractivity contribution in [3.63, 3.8) is 0 Å². The van der Waals surface area contributed by atoms with E-state index in [1.807, 2.05) is 24.3 Å². The number of hydrogen-bond donors (Lipinski definition) is 2. The van der Waals surface area contributed by atoms with Gasteiger partial charge in [0.1, 0.15) is 12.7 Å². The Bertz CT molecular complexity index is 810. The Morgan fingerprint density at radius 3 is 2.48 bits per heavy atom. The topological polar surface area (TPSA) is 59.6 Å². The van der Waals surface area contributed by atoms with Crippen molar-refractivity contribution in [2.45, 2.75) is 31.5 Å². The molecular weight excluding hydrogens is 385 g/mol. The van der Waals surface area contributed by atoms with Gasteiger partial charge in [-0.15, -0.1) is 0 Å². The molecule has 2 aromatic rings. The summed E-state index contributed by atoms with van der Waals surface area (Å²) in [5, 5.41) is 5.90. The molecule has 156 valence electrons. The number of rotatable bonds is 8. The Morgan fingerprint density at radius 2 is 1.76 bits per heavy atom. The minimum Gasteiger partial charge on any atom is -0.486 e. The molecule has 0 spiro atoms. The summed E-state index contributed by atoms with van der Waals surface area (Å²) in [6.07, 6.45) is -2.67. The van der Waals surface area contributed by atoms with Crippen LogP contribution in [0.3, 0.4) is 0 Å². The van der Waals surface area contributed by atoms with Gasteiger partial charge in [-0.3, -0.25) is 4.79 Å². The number of amides is 1. The van der Waals surface area contributed by atoms with Crippen LogP contribution in [-0.2, 0) is 11.0 Å². The number of hydrogen-bond acceptors (Lipinski definition) is 4. The number of carbonyl (C=O) groups is 1. The SMILES string of the molecule is O=C(CCCCNC[C@H]1COc2ccccc2O1)Nc1ccc(C(F)(F)F)cc1. The van der Waals surface area contributed by atoms with Crippen LogP contribution in [-0.4, -0.2) is 31.7 Å². The summed E-state index contributed by atoms with van der Waals surface area (Å²) in [5.41, 5.74) is -0.381. The van der Waals surface area contributed by atoms with Crippen molar-refractivity contribution in [1.29, 1.82) is 0 Å². The summed E-state index contributed by atoms with van der Waals surface area (Å²) < 4.78 is 49.1. The zero-order chi connectivity index (χ0) is 20.7. The number of halogens is 3. The van der Waals surface area contributed by atoms with E-state index in [1.54, 1.807) is 0 Å². The normalized spacial score (nSPS) is 15.8. The molecule has 0 bridgehead atoms. The van der Waals surface area contributed by atoms with E-state index in [0.717, 1.165) is 36.6 Å². The van der Waals surface area contributed by atoms with E-state index in [9.17, 15) is 18.0 Å². The molecule has 1 aliphatic heterocycles. The number of nitrogens with one attached hydrogen (secondary N) is 2. The van der Waals surface area contributed by atoms with Gasteiger partial charge in [0.15, 0.2) is 11.5 Å². The highest BCUT2D eigenvalue weighted by Crippen LogP contribution is 2.31. The Kier molecular flexibility index (Phi) is 6.98. The summed E-state index contributed by atoms with van der Waals surface area (Å²) >= 11 is 0. The van der Waals surface area contributed by atoms with Gasteiger partial charge in [0.2, 0.25) is 5.91 Å². The second-order valence-corrected chi connectivity index (χ2v) is 6.78. The van der Waals surface area contributed by atoms with Gasteiger partial charge in [-0.2, -0.15) is 13.2 Å². The third kappa shape index (κ3) is 6.39. The number of alkyl halides is 3. The van der Waals surface area contributed by atoms with Gasteiger partial charge in [0, 0.05) is 18.7 Å². The van der Waals surface area contributed by atoms with Crippen LogP contribution < -0.4 is 20.1 Å². The minimum atomic E-state index is -4.38. The van der Waals surface area contributed by atoms with Gasteiger partial charge >= 0.3 is 6.18 Å². The highest BCUT2D eigenvalue weighted by molar-refractivity contribution is 5.90. The number of fused-ring (bicyclic) bond motifs is 1. The summed E-state index contributed by atoms with van der Waals surface area (Å²) in [6.45, 7) is 1.86. The van der Waals surface area contributed by atoms with Crippen molar-refractivity contribution >= 4 is 11.6 Å². The van der Waals surface area contributed by atoms with Crippen molar-refractivity contribution in [2.75, 3.05) is 25.0 Å². The molecule has 1 amide bonds. The summed E-state index contributed by atoms with van der Waals surface area (Å²) in [5.74, 6) is 1.28. The molecular formula is C21H23F3N2O3. The van der Waals surface area contributed by atoms with E-state index in [2.05, 4.69) is 10.6 Å². The molecule has 5 nitrogen and oxygen atoms in total. The fourth-order valence-corrected chi connectivity index (χ4v) is 2.93. The van der Waals surface area contributed by atoms with Crippen molar-refractivity contribution in [3.05, 3.63) is 54.1 Å². The van der Waals surface area contributed by atoms with Crippen molar-refractivity contribution in [1.82, 2.24) is 5.32 Å². The second kappa shape index (κ2) is 9.65. The Hall–Kier alpha value is -2.74. The molecule has 2 aromatic carbocycles. The maximum absolute atomic E-state index is 12.5. The maximum Gasteiger partial charge on any atom is 0.416 e. The van der Waals surface area contributed by atoms with E-state index in [4.69, 9.17) is 9.47 Å². The predicted octanol–water partition coefficient (Wildman–Crippen LogP) is 4.24. The Labute approximate surface area is 167 Å². The number of benzene rings is 2. The summed E-state index contributed by atoms with van der Waals surface area (Å²) in [4.78, 5) is 11.9. The van der Waals surface area contributed by atoms with Gasteiger partial charge < -0.3 is 20.1 Å². The average Bonchev–Trinajstić information content (AvgIpc) is 2.70. The molecule has 1 atom stereocenters. The van der Waals surface area contributed by atoms with Crippen LogP contribution in [0.15, 0.2) is 48.5 Å². The van der Waals surface area contributed by atoms with Crippen LogP contribution in [0, 0.1) is 0 Å². The maximum atomic E-state index is 12.5. The number of ether oxygens (including phenoxy) is 2. The first-order valence-corrected chi connectivity index (χ1v) is 9.48. The van der Waals surface area contributed by atoms with E-state index >= 15 is 0 Å². The molecule has 0 saturated carbocycles. The first kappa shape index (κ1) is 21.0. The number of anilines is 1. The fraction of sp³-hybridized carbons (Fsp3) is 0.381. The largest absolute Gasteiger partial charge is 0.486 e. The molecule has 0 radical (unpaired) electrons. The monoisotopic (exact) mass is 408 g/mol. The second-order valence-electron chi connectivity index (χ2n) is 6.78. The van der Waals surface area contributed by atoms with Crippen LogP contribution in [0.1, 0.15) is 24.8 Å². The lowest BCUT2D eigenvalue weighted by Crippen LogP contribution is -2.38. The Morgan fingerprint density at radius 1 is 1.03 bits per heavy atom. The summed E-state index contributed by atoms with van der Waals surface area (Å²) in [7, 11) is 0. The zero-order valence-corrected chi connectivity index (χ0v) is 15.8. The van der Waals surface area contributed by atoms with Gasteiger partial charge in [0.05, 0.1) is 5.56 Å². The van der Waals surface area contributed by atoms with Crippen LogP contribution >= 0.6 is 0 Å². The van der Waals surface area contributed by atoms with Gasteiger partial charge in [0.25, 0.3) is 0 Å². The van der Waals surface area contributed by atoms with Gasteiger partial charge in [-0.1, -0.05) is 12.1 Å². The standard InChI is InChI=1S/C21H23F3N2O3/c22-21(23,24)15-8-10-16(11-9-15)26-20(27)7-3-4-12-25-13-17-14-28-18-5-1-2-6-19(18)29-17/h1-2,5-6,8-11,17,25H,3-4,7,12-14H2,(H,26,27)/t17-/m0/s1. The van der Waals surface area contributed by atoms with E-state index < -0.39 is 11.7 Å². The molecule has 1 aliphatic rings. The van der Waals surface area contributed by atoms with Crippen molar-refractivity contribution in [3.8, 4) is 11.5 Å². The number of para-hydroxylation sites is 2. The Balaban J connectivity index is 1.27. The smallest absolute Gasteiger partial charge is 0.416 e. The molecule has 3 rings (SSSR count). The molecule has 1 heterocycles. The molecule has 0 aromatic heterocycles. The minimum absolute atomic E-state index is 0.0622. The van der Waals surface area contributed by atoms with E-state index in [0.29, 0.717) is 31.7 Å². The predicted molar refractivity (Wildman–Crippen MR) is 103 cm³/mol. The van der Waals surface area contributed by atoms with E-state index in [1.165, 1.54) is 12.1 Å². The van der Waals surface area contributed by atoms with Crippen molar-refractivity contribution in [2.24, 2.45) is 0 Å².